The minimum Gasteiger partial charge on any atom is -0.496 e. The molecule has 9 heteroatoms. The van der Waals surface area contributed by atoms with Gasteiger partial charge < -0.3 is 23.8 Å². The molecule has 0 spiro atoms. The van der Waals surface area contributed by atoms with E-state index in [0.717, 1.165) is 30.1 Å². The molecule has 0 N–H and O–H groups in total. The average molecular weight is 425 g/mol. The number of rotatable bonds is 13. The Labute approximate surface area is 177 Å². The molecule has 0 saturated heterocycles. The van der Waals surface area contributed by atoms with Crippen molar-refractivity contribution in [3.05, 3.63) is 34.9 Å². The maximum atomic E-state index is 6.06. The smallest absolute Gasteiger partial charge is 0.230 e. The molecule has 0 aliphatic carbocycles. The van der Waals surface area contributed by atoms with Gasteiger partial charge in [-0.2, -0.15) is 9.97 Å². The van der Waals surface area contributed by atoms with E-state index in [2.05, 4.69) is 21.9 Å². The molecule has 2 rings (SSSR count). The minimum absolute atomic E-state index is 0.151. The van der Waals surface area contributed by atoms with Gasteiger partial charge >= 0.3 is 0 Å². The Balaban J connectivity index is 2.15. The summed E-state index contributed by atoms with van der Waals surface area (Å²) in [4.78, 5) is 14.7. The topological polar surface area (TPSA) is 78.8 Å². The SMILES string of the molecule is CCCOCCOCCN(Cc1c(OC)cccc1OC)c1nc(C)nc(Cl)n1. The predicted octanol–water partition coefficient (Wildman–Crippen LogP) is 3.30. The molecule has 160 valence electrons. The highest BCUT2D eigenvalue weighted by atomic mass is 35.5. The van der Waals surface area contributed by atoms with Crippen LogP contribution >= 0.6 is 11.6 Å². The lowest BCUT2D eigenvalue weighted by Gasteiger charge is -2.25. The number of methoxy groups -OCH3 is 2. The molecule has 2 aromatic rings. The van der Waals surface area contributed by atoms with Crippen molar-refractivity contribution >= 4 is 17.5 Å². The Morgan fingerprint density at radius 1 is 0.931 bits per heavy atom. The molecule has 8 nitrogen and oxygen atoms in total. The molecule has 0 saturated carbocycles. The first kappa shape index (κ1) is 23.1. The molecule has 0 fully saturated rings. The summed E-state index contributed by atoms with van der Waals surface area (Å²) in [5.74, 6) is 2.47. The van der Waals surface area contributed by atoms with Gasteiger partial charge in [-0.05, 0) is 37.1 Å². The fraction of sp³-hybridized carbons (Fsp3) is 0.550. The molecule has 0 atom stereocenters. The third-order valence-electron chi connectivity index (χ3n) is 4.10. The van der Waals surface area contributed by atoms with E-state index >= 15 is 0 Å². The Morgan fingerprint density at radius 2 is 1.59 bits per heavy atom. The third kappa shape index (κ3) is 7.30. The lowest BCUT2D eigenvalue weighted by Crippen LogP contribution is -2.30. The van der Waals surface area contributed by atoms with Crippen molar-refractivity contribution in [3.8, 4) is 11.5 Å². The van der Waals surface area contributed by atoms with Gasteiger partial charge in [-0.25, -0.2) is 4.98 Å². The summed E-state index contributed by atoms with van der Waals surface area (Å²) in [6.07, 6.45) is 0.994. The molecule has 29 heavy (non-hydrogen) atoms. The summed E-state index contributed by atoms with van der Waals surface area (Å²) in [5, 5.41) is 0.151. The van der Waals surface area contributed by atoms with Crippen molar-refractivity contribution in [1.82, 2.24) is 15.0 Å². The van der Waals surface area contributed by atoms with Crippen LogP contribution in [0.5, 0.6) is 11.5 Å². The largest absolute Gasteiger partial charge is 0.496 e. The summed E-state index contributed by atoms with van der Waals surface area (Å²) < 4.78 is 22.2. The van der Waals surface area contributed by atoms with Gasteiger partial charge in [0, 0.05) is 13.2 Å². The van der Waals surface area contributed by atoms with E-state index < -0.39 is 0 Å². The zero-order valence-corrected chi connectivity index (χ0v) is 18.2. The number of aryl methyl sites for hydroxylation is 1. The van der Waals surface area contributed by atoms with Crippen molar-refractivity contribution < 1.29 is 18.9 Å². The number of anilines is 1. The number of halogens is 1. The van der Waals surface area contributed by atoms with E-state index in [1.54, 1.807) is 21.1 Å². The first-order chi connectivity index (χ1) is 14.1. The predicted molar refractivity (Wildman–Crippen MR) is 112 cm³/mol. The number of aromatic nitrogens is 3. The summed E-state index contributed by atoms with van der Waals surface area (Å²) in [6, 6.07) is 5.67. The molecule has 0 unspecified atom stereocenters. The van der Waals surface area contributed by atoms with E-state index in [9.17, 15) is 0 Å². The lowest BCUT2D eigenvalue weighted by atomic mass is 10.1. The zero-order valence-electron chi connectivity index (χ0n) is 17.5. The van der Waals surface area contributed by atoms with E-state index in [4.69, 9.17) is 30.5 Å². The molecule has 1 aromatic carbocycles. The molecule has 0 aliphatic heterocycles. The molecular formula is C20H29ClN4O4. The number of benzene rings is 1. The van der Waals surface area contributed by atoms with Crippen molar-refractivity contribution in [2.45, 2.75) is 26.8 Å². The Kier molecular flexibility index (Phi) is 9.90. The van der Waals surface area contributed by atoms with Gasteiger partial charge in [0.05, 0.1) is 46.1 Å². The second-order valence-corrected chi connectivity index (χ2v) is 6.58. The fourth-order valence-electron chi connectivity index (χ4n) is 2.74. The van der Waals surface area contributed by atoms with Gasteiger partial charge in [0.1, 0.15) is 17.3 Å². The van der Waals surface area contributed by atoms with Crippen LogP contribution in [-0.2, 0) is 16.0 Å². The van der Waals surface area contributed by atoms with E-state index in [1.165, 1.54) is 0 Å². The van der Waals surface area contributed by atoms with Crippen LogP contribution in [0.2, 0.25) is 5.28 Å². The minimum atomic E-state index is 0.151. The number of hydrogen-bond acceptors (Lipinski definition) is 8. The van der Waals surface area contributed by atoms with Crippen LogP contribution in [0.3, 0.4) is 0 Å². The normalized spacial score (nSPS) is 10.8. The molecule has 0 amide bonds. The van der Waals surface area contributed by atoms with Crippen LogP contribution in [0.25, 0.3) is 0 Å². The maximum Gasteiger partial charge on any atom is 0.230 e. The van der Waals surface area contributed by atoms with Gasteiger partial charge in [0.25, 0.3) is 0 Å². The van der Waals surface area contributed by atoms with Crippen LogP contribution in [0.1, 0.15) is 24.7 Å². The van der Waals surface area contributed by atoms with Crippen molar-refractivity contribution in [3.63, 3.8) is 0 Å². The summed E-state index contributed by atoms with van der Waals surface area (Å²) in [7, 11) is 3.26. The number of nitrogens with zero attached hydrogens (tertiary/aromatic N) is 4. The van der Waals surface area contributed by atoms with Crippen molar-refractivity contribution in [2.75, 3.05) is 52.1 Å². The third-order valence-corrected chi connectivity index (χ3v) is 4.26. The highest BCUT2D eigenvalue weighted by molar-refractivity contribution is 6.28. The molecule has 0 bridgehead atoms. The van der Waals surface area contributed by atoms with E-state index in [-0.39, 0.29) is 5.28 Å². The van der Waals surface area contributed by atoms with Gasteiger partial charge in [-0.1, -0.05) is 13.0 Å². The fourth-order valence-corrected chi connectivity index (χ4v) is 2.94. The standard InChI is InChI=1S/C20H29ClN4O4/c1-5-10-28-12-13-29-11-9-25(20-23-15(2)22-19(21)24-20)14-16-17(26-3)7-6-8-18(16)27-4/h6-8H,5,9-14H2,1-4H3. The highest BCUT2D eigenvalue weighted by Gasteiger charge is 2.18. The maximum absolute atomic E-state index is 6.06. The summed E-state index contributed by atoms with van der Waals surface area (Å²) in [6.45, 7) is 7.19. The van der Waals surface area contributed by atoms with Gasteiger partial charge in [-0.3, -0.25) is 0 Å². The molecule has 0 radical (unpaired) electrons. The highest BCUT2D eigenvalue weighted by Crippen LogP contribution is 2.30. The van der Waals surface area contributed by atoms with Crippen LogP contribution in [0.15, 0.2) is 18.2 Å². The van der Waals surface area contributed by atoms with Gasteiger partial charge in [0.2, 0.25) is 11.2 Å². The van der Waals surface area contributed by atoms with Crippen molar-refractivity contribution in [2.24, 2.45) is 0 Å². The number of ether oxygens (including phenoxy) is 4. The van der Waals surface area contributed by atoms with Crippen LogP contribution in [0, 0.1) is 6.92 Å². The lowest BCUT2D eigenvalue weighted by molar-refractivity contribution is 0.0504. The Bertz CT molecular complexity index is 721. The van der Waals surface area contributed by atoms with Crippen LogP contribution in [0.4, 0.5) is 5.95 Å². The van der Waals surface area contributed by atoms with Crippen molar-refractivity contribution in [1.29, 1.82) is 0 Å². The van der Waals surface area contributed by atoms with E-state index in [0.29, 0.717) is 44.7 Å². The molecule has 1 aromatic heterocycles. The first-order valence-electron chi connectivity index (χ1n) is 9.57. The van der Waals surface area contributed by atoms with Gasteiger partial charge in [0.15, 0.2) is 0 Å². The van der Waals surface area contributed by atoms with Gasteiger partial charge in [-0.15, -0.1) is 0 Å². The Hall–Kier alpha value is -2.16. The Morgan fingerprint density at radius 3 is 2.17 bits per heavy atom. The second-order valence-electron chi connectivity index (χ2n) is 6.24. The molecule has 1 heterocycles. The molecule has 0 aliphatic rings. The average Bonchev–Trinajstić information content (AvgIpc) is 2.71. The second kappa shape index (κ2) is 12.4. The van der Waals surface area contributed by atoms with Crippen LogP contribution in [-0.4, -0.2) is 62.1 Å². The quantitative estimate of drug-likeness (QED) is 0.453. The molecular weight excluding hydrogens is 396 g/mol. The monoisotopic (exact) mass is 424 g/mol. The summed E-state index contributed by atoms with van der Waals surface area (Å²) >= 11 is 6.06. The zero-order chi connectivity index (χ0) is 21.1. The first-order valence-corrected chi connectivity index (χ1v) is 9.95. The summed E-state index contributed by atoms with van der Waals surface area (Å²) in [5.41, 5.74) is 0.887. The van der Waals surface area contributed by atoms with Crippen LogP contribution < -0.4 is 14.4 Å². The number of hydrogen-bond donors (Lipinski definition) is 0. The van der Waals surface area contributed by atoms with E-state index in [1.807, 2.05) is 23.1 Å².